The standard InChI is InChI=1S/C24H22N4O2S2/c1-14-18-22(26-13-28(23(18)30)11-15-8-6-5-7-9-15)32-19(14)20(29)27-21-16(10-25)17(12-31-21)24(2,3)4/h5-9,12-13H,11H2,1-4H3,(H,27,29). The highest BCUT2D eigenvalue weighted by atomic mass is 32.1. The molecule has 0 spiro atoms. The van der Waals surface area contributed by atoms with Crippen LogP contribution >= 0.6 is 22.7 Å². The second-order valence-corrected chi connectivity index (χ2v) is 10.4. The lowest BCUT2D eigenvalue weighted by atomic mass is 9.86. The number of aromatic nitrogens is 2. The molecule has 8 heteroatoms. The Balaban J connectivity index is 1.69. The van der Waals surface area contributed by atoms with E-state index in [0.29, 0.717) is 37.8 Å². The molecule has 4 rings (SSSR count). The van der Waals surface area contributed by atoms with E-state index < -0.39 is 0 Å². The van der Waals surface area contributed by atoms with Gasteiger partial charge in [-0.25, -0.2) is 4.98 Å². The zero-order valence-corrected chi connectivity index (χ0v) is 19.9. The van der Waals surface area contributed by atoms with Gasteiger partial charge in [0.25, 0.3) is 11.5 Å². The van der Waals surface area contributed by atoms with Gasteiger partial charge in [0, 0.05) is 0 Å². The topological polar surface area (TPSA) is 87.8 Å². The molecule has 4 aromatic rings. The highest BCUT2D eigenvalue weighted by molar-refractivity contribution is 7.21. The molecule has 1 N–H and O–H groups in total. The van der Waals surface area contributed by atoms with E-state index in [-0.39, 0.29) is 16.9 Å². The molecule has 0 saturated carbocycles. The molecule has 3 aromatic heterocycles. The predicted octanol–water partition coefficient (Wildman–Crippen LogP) is 5.30. The first-order valence-corrected chi connectivity index (χ1v) is 11.8. The van der Waals surface area contributed by atoms with Crippen molar-refractivity contribution in [2.75, 3.05) is 5.32 Å². The fourth-order valence-electron chi connectivity index (χ4n) is 3.54. The Hall–Kier alpha value is -3.28. The molecule has 1 aromatic carbocycles. The van der Waals surface area contributed by atoms with Crippen LogP contribution in [0.25, 0.3) is 10.2 Å². The predicted molar refractivity (Wildman–Crippen MR) is 130 cm³/mol. The number of nitrogens with zero attached hydrogens (tertiary/aromatic N) is 3. The number of hydrogen-bond donors (Lipinski definition) is 1. The number of carbonyl (C=O) groups excluding carboxylic acids is 1. The normalized spacial score (nSPS) is 11.5. The molecule has 0 bridgehead atoms. The molecule has 0 unspecified atom stereocenters. The molecular weight excluding hydrogens is 440 g/mol. The van der Waals surface area contributed by atoms with Crippen molar-refractivity contribution in [2.24, 2.45) is 0 Å². The fourth-order valence-corrected chi connectivity index (χ4v) is 5.71. The van der Waals surface area contributed by atoms with Crippen LogP contribution in [-0.2, 0) is 12.0 Å². The second-order valence-electron chi connectivity index (χ2n) is 8.57. The van der Waals surface area contributed by atoms with Gasteiger partial charge in [0.1, 0.15) is 15.9 Å². The SMILES string of the molecule is Cc1c(C(=O)Nc2scc(C(C)(C)C)c2C#N)sc2ncn(Cc3ccccc3)c(=O)c12. The van der Waals surface area contributed by atoms with Crippen molar-refractivity contribution in [3.05, 3.63) is 79.5 Å². The van der Waals surface area contributed by atoms with Crippen LogP contribution in [0.5, 0.6) is 0 Å². The Kier molecular flexibility index (Phi) is 5.71. The van der Waals surface area contributed by atoms with Crippen LogP contribution in [0.1, 0.15) is 52.7 Å². The summed E-state index contributed by atoms with van der Waals surface area (Å²) in [5.41, 5.74) is 2.62. The number of anilines is 1. The second kappa shape index (κ2) is 8.34. The van der Waals surface area contributed by atoms with Crippen molar-refractivity contribution in [1.82, 2.24) is 9.55 Å². The Bertz CT molecular complexity index is 1420. The Morgan fingerprint density at radius 3 is 2.62 bits per heavy atom. The molecule has 0 saturated heterocycles. The van der Waals surface area contributed by atoms with Crippen LogP contribution in [0, 0.1) is 18.3 Å². The van der Waals surface area contributed by atoms with Crippen LogP contribution in [-0.4, -0.2) is 15.5 Å². The Morgan fingerprint density at radius 1 is 1.25 bits per heavy atom. The maximum atomic E-state index is 13.1. The molecule has 0 atom stereocenters. The van der Waals surface area contributed by atoms with E-state index in [1.165, 1.54) is 29.0 Å². The molecule has 162 valence electrons. The third-order valence-corrected chi connectivity index (χ3v) is 7.35. The molecule has 6 nitrogen and oxygen atoms in total. The minimum Gasteiger partial charge on any atom is -0.312 e. The number of nitriles is 1. The van der Waals surface area contributed by atoms with Crippen LogP contribution in [0.4, 0.5) is 5.00 Å². The summed E-state index contributed by atoms with van der Waals surface area (Å²) in [5.74, 6) is -0.335. The zero-order chi connectivity index (χ0) is 23.0. The minimum absolute atomic E-state index is 0.171. The average molecular weight is 463 g/mol. The van der Waals surface area contributed by atoms with E-state index in [9.17, 15) is 14.9 Å². The number of hydrogen-bond acceptors (Lipinski definition) is 6. The zero-order valence-electron chi connectivity index (χ0n) is 18.2. The van der Waals surface area contributed by atoms with Crippen LogP contribution in [0.15, 0.2) is 46.8 Å². The first kappa shape index (κ1) is 21.9. The van der Waals surface area contributed by atoms with E-state index >= 15 is 0 Å². The molecule has 32 heavy (non-hydrogen) atoms. The van der Waals surface area contributed by atoms with Gasteiger partial charge < -0.3 is 5.32 Å². The van der Waals surface area contributed by atoms with Gasteiger partial charge >= 0.3 is 0 Å². The summed E-state index contributed by atoms with van der Waals surface area (Å²) in [7, 11) is 0. The lowest BCUT2D eigenvalue weighted by Crippen LogP contribution is -2.21. The van der Waals surface area contributed by atoms with Gasteiger partial charge in [-0.2, -0.15) is 5.26 Å². The van der Waals surface area contributed by atoms with E-state index in [2.05, 4.69) is 16.4 Å². The number of amides is 1. The smallest absolute Gasteiger partial charge is 0.266 e. The number of aryl methyl sites for hydroxylation is 1. The highest BCUT2D eigenvalue weighted by Gasteiger charge is 2.25. The minimum atomic E-state index is -0.335. The van der Waals surface area contributed by atoms with Crippen molar-refractivity contribution in [3.8, 4) is 6.07 Å². The number of rotatable bonds is 4. The summed E-state index contributed by atoms with van der Waals surface area (Å²) in [4.78, 5) is 31.6. The van der Waals surface area contributed by atoms with Crippen molar-refractivity contribution in [1.29, 1.82) is 5.26 Å². The van der Waals surface area contributed by atoms with E-state index in [4.69, 9.17) is 0 Å². The van der Waals surface area contributed by atoms with Crippen LogP contribution in [0.2, 0.25) is 0 Å². The molecule has 0 aliphatic heterocycles. The molecular formula is C24H22N4O2S2. The van der Waals surface area contributed by atoms with Crippen molar-refractivity contribution in [2.45, 2.75) is 39.7 Å². The van der Waals surface area contributed by atoms with Gasteiger partial charge in [-0.1, -0.05) is 51.1 Å². The van der Waals surface area contributed by atoms with Crippen molar-refractivity contribution < 1.29 is 4.79 Å². The van der Waals surface area contributed by atoms with Crippen LogP contribution in [0.3, 0.4) is 0 Å². The Labute approximate surface area is 193 Å². The van der Waals surface area contributed by atoms with E-state index in [1.54, 1.807) is 11.5 Å². The van der Waals surface area contributed by atoms with Gasteiger partial charge in [0.05, 0.1) is 28.7 Å². The summed E-state index contributed by atoms with van der Waals surface area (Å²) < 4.78 is 1.56. The maximum absolute atomic E-state index is 13.1. The Morgan fingerprint density at radius 2 is 1.97 bits per heavy atom. The van der Waals surface area contributed by atoms with Gasteiger partial charge in [0.15, 0.2) is 0 Å². The molecule has 0 aliphatic carbocycles. The number of carbonyl (C=O) groups is 1. The average Bonchev–Trinajstić information content (AvgIpc) is 3.32. The largest absolute Gasteiger partial charge is 0.312 e. The molecule has 0 fully saturated rings. The lowest BCUT2D eigenvalue weighted by molar-refractivity contribution is 0.103. The quantitative estimate of drug-likeness (QED) is 0.446. The highest BCUT2D eigenvalue weighted by Crippen LogP contribution is 2.36. The third-order valence-electron chi connectivity index (χ3n) is 5.26. The number of benzene rings is 1. The van der Waals surface area contributed by atoms with Gasteiger partial charge in [-0.3, -0.25) is 14.2 Å². The number of thiophene rings is 2. The van der Waals surface area contributed by atoms with Gasteiger partial charge in [-0.15, -0.1) is 22.7 Å². The van der Waals surface area contributed by atoms with Crippen molar-refractivity contribution >= 4 is 43.8 Å². The number of nitrogens with one attached hydrogen (secondary N) is 1. The summed E-state index contributed by atoms with van der Waals surface area (Å²) in [5, 5.41) is 15.4. The maximum Gasteiger partial charge on any atom is 0.266 e. The summed E-state index contributed by atoms with van der Waals surface area (Å²) >= 11 is 2.53. The van der Waals surface area contributed by atoms with Gasteiger partial charge in [0.2, 0.25) is 0 Å². The van der Waals surface area contributed by atoms with E-state index in [0.717, 1.165) is 11.1 Å². The third kappa shape index (κ3) is 3.97. The lowest BCUT2D eigenvalue weighted by Gasteiger charge is -2.17. The molecule has 0 radical (unpaired) electrons. The van der Waals surface area contributed by atoms with E-state index in [1.807, 2.05) is 56.5 Å². The monoisotopic (exact) mass is 462 g/mol. The van der Waals surface area contributed by atoms with Crippen LogP contribution < -0.4 is 10.9 Å². The van der Waals surface area contributed by atoms with Crippen molar-refractivity contribution in [3.63, 3.8) is 0 Å². The summed E-state index contributed by atoms with van der Waals surface area (Å²) in [6, 6.07) is 11.9. The summed E-state index contributed by atoms with van der Waals surface area (Å²) in [6.07, 6.45) is 1.53. The fraction of sp³-hybridized carbons (Fsp3) is 0.250. The first-order valence-electron chi connectivity index (χ1n) is 10.1. The molecule has 1 amide bonds. The first-order chi connectivity index (χ1) is 15.2. The number of fused-ring (bicyclic) bond motifs is 1. The summed E-state index contributed by atoms with van der Waals surface area (Å²) in [6.45, 7) is 8.27. The van der Waals surface area contributed by atoms with Gasteiger partial charge in [-0.05, 0) is 34.4 Å². The molecule has 0 aliphatic rings. The molecule has 3 heterocycles.